The molecule has 476 valence electrons. The van der Waals surface area contributed by atoms with Crippen LogP contribution >= 0.6 is 11.8 Å². The molecule has 102 heavy (non-hydrogen) atoms. The fourth-order valence-electron chi connectivity index (χ4n) is 17.0. The van der Waals surface area contributed by atoms with E-state index in [1.807, 2.05) is 23.9 Å². The molecule has 0 atom stereocenters. The van der Waals surface area contributed by atoms with Gasteiger partial charge < -0.3 is 13.6 Å². The number of rotatable bonds is 6. The molecule has 4 aliphatic rings. The first-order valence-electron chi connectivity index (χ1n) is 34.7. The average molecular weight is 1320 g/mol. The van der Waals surface area contributed by atoms with Crippen LogP contribution in [0.15, 0.2) is 370 Å². The molecule has 6 heterocycles. The van der Waals surface area contributed by atoms with Crippen LogP contribution in [0.25, 0.3) is 133 Å². The molecule has 2 aliphatic carbocycles. The van der Waals surface area contributed by atoms with Crippen molar-refractivity contribution in [1.29, 1.82) is 0 Å². The summed E-state index contributed by atoms with van der Waals surface area (Å²) in [4.78, 5) is 13.0. The number of hydrogen-bond acceptors (Lipinski definition) is 6. The fraction of sp³-hybridized carbons (Fsp3) is 0.0208. The van der Waals surface area contributed by atoms with Gasteiger partial charge in [-0.05, 0) is 169 Å². The Hall–Kier alpha value is -12.9. The highest BCUT2D eigenvalue weighted by molar-refractivity contribution is 7.99. The molecule has 6 heteroatoms. The highest BCUT2D eigenvalue weighted by Gasteiger charge is 2.52. The molecule has 0 bridgehead atoms. The fourth-order valence-corrected chi connectivity index (χ4v) is 18.2. The Bertz CT molecular complexity index is 5860. The number of furan rings is 2. The predicted octanol–water partition coefficient (Wildman–Crippen LogP) is 25.3. The molecular formula is C96H58N2O3S. The lowest BCUT2D eigenvalue weighted by molar-refractivity contribution is 0.436. The SMILES string of the molecule is c1ccc(-c2cc(-c3ccccc3)nc(-c3ccc4oc5cc6c(cc5c4c3)C3(c4ccccc4O6)c4ccccc4-c4ccccc43)c2)cc1.c1ccc(-c2cc(-c3ccccc3)nc(-c3ccc4oc5cc6c(cc5c4c3)C3(c4ccccc4S6)c4ccccc4-c4ccccc43)c2)cc1. The molecule has 4 aromatic heterocycles. The van der Waals surface area contributed by atoms with Crippen molar-refractivity contribution in [3.63, 3.8) is 0 Å². The number of benzene rings is 14. The molecule has 5 nitrogen and oxygen atoms in total. The molecule has 0 unspecified atom stereocenters. The molecule has 0 amide bonds. The van der Waals surface area contributed by atoms with Gasteiger partial charge in [-0.1, -0.05) is 267 Å². The van der Waals surface area contributed by atoms with Crippen LogP contribution in [0.4, 0.5) is 0 Å². The maximum Gasteiger partial charge on any atom is 0.139 e. The molecule has 2 spiro atoms. The van der Waals surface area contributed by atoms with Crippen molar-refractivity contribution < 1.29 is 13.6 Å². The van der Waals surface area contributed by atoms with Crippen molar-refractivity contribution in [2.45, 2.75) is 20.6 Å². The Kier molecular flexibility index (Phi) is 13.0. The van der Waals surface area contributed by atoms with E-state index in [1.165, 1.54) is 71.0 Å². The van der Waals surface area contributed by atoms with Crippen molar-refractivity contribution in [3.8, 4) is 101 Å². The number of pyridine rings is 2. The third kappa shape index (κ3) is 8.79. The molecule has 0 saturated heterocycles. The highest BCUT2D eigenvalue weighted by Crippen LogP contribution is 2.65. The first-order valence-corrected chi connectivity index (χ1v) is 35.5. The molecule has 0 fully saturated rings. The van der Waals surface area contributed by atoms with E-state index in [-0.39, 0.29) is 0 Å². The van der Waals surface area contributed by atoms with E-state index < -0.39 is 10.8 Å². The standard InChI is InChI=1S/C48H29NO2.C48H29NOS/c1-3-13-30(14-4-1)33-26-42(31-15-5-2-6-16-31)49-43(27-33)32-23-24-44-36(25-32)37-28-41-47(29-46(37)50-44)51-45-22-12-11-21-40(45)48(41)38-19-9-7-17-34(38)35-18-8-10-20-39(35)48;1-3-13-30(14-4-1)33-26-42(31-15-5-2-6-16-31)49-43(27-33)32-23-24-44-36(25-32)37-28-41-47(29-45(37)50-44)51-46-22-12-11-21-40(46)48(41)38-19-9-7-17-34(38)35-18-8-10-20-39(35)48/h2*1-29H. The Morgan fingerprint density at radius 1 is 0.216 bits per heavy atom. The summed E-state index contributed by atoms with van der Waals surface area (Å²) in [5, 5.41) is 4.32. The zero-order valence-electron chi connectivity index (χ0n) is 55.0. The van der Waals surface area contributed by atoms with E-state index in [9.17, 15) is 0 Å². The number of fused-ring (bicyclic) bond motifs is 24. The zero-order chi connectivity index (χ0) is 67.0. The van der Waals surface area contributed by atoms with Crippen molar-refractivity contribution >= 4 is 55.6 Å². The number of para-hydroxylation sites is 1. The van der Waals surface area contributed by atoms with Gasteiger partial charge in [0, 0.05) is 70.8 Å². The van der Waals surface area contributed by atoms with Gasteiger partial charge in [-0.2, -0.15) is 0 Å². The third-order valence-electron chi connectivity index (χ3n) is 21.5. The van der Waals surface area contributed by atoms with Crippen LogP contribution in [-0.4, -0.2) is 9.97 Å². The van der Waals surface area contributed by atoms with Crippen molar-refractivity contribution in [2.75, 3.05) is 0 Å². The van der Waals surface area contributed by atoms with Gasteiger partial charge in [-0.15, -0.1) is 0 Å². The molecule has 0 N–H and O–H groups in total. The summed E-state index contributed by atoms with van der Waals surface area (Å²) in [6, 6.07) is 126. The number of nitrogens with zero attached hydrogens (tertiary/aromatic N) is 2. The second kappa shape index (κ2) is 22.8. The summed E-state index contributed by atoms with van der Waals surface area (Å²) in [5.41, 5.74) is 30.3. The normalized spacial score (nSPS) is 13.5. The lowest BCUT2D eigenvalue weighted by Gasteiger charge is -2.39. The van der Waals surface area contributed by atoms with E-state index in [4.69, 9.17) is 23.5 Å². The molecule has 22 rings (SSSR count). The molecule has 2 aliphatic heterocycles. The topological polar surface area (TPSA) is 61.3 Å². The highest BCUT2D eigenvalue weighted by atomic mass is 32.2. The van der Waals surface area contributed by atoms with Gasteiger partial charge in [-0.3, -0.25) is 0 Å². The average Bonchev–Trinajstić information content (AvgIpc) is 1.53. The second-order valence-electron chi connectivity index (χ2n) is 26.9. The molecule has 0 saturated carbocycles. The predicted molar refractivity (Wildman–Crippen MR) is 414 cm³/mol. The van der Waals surface area contributed by atoms with E-state index >= 15 is 0 Å². The maximum atomic E-state index is 6.73. The van der Waals surface area contributed by atoms with Crippen LogP contribution in [0.2, 0.25) is 0 Å². The number of aromatic nitrogens is 2. The van der Waals surface area contributed by atoms with Crippen molar-refractivity contribution in [2.24, 2.45) is 0 Å². The van der Waals surface area contributed by atoms with Gasteiger partial charge in [0.25, 0.3) is 0 Å². The molecule has 14 aromatic carbocycles. The number of ether oxygens (including phenoxy) is 1. The van der Waals surface area contributed by atoms with Gasteiger partial charge in [0.1, 0.15) is 33.8 Å². The molecule has 18 aromatic rings. The maximum absolute atomic E-state index is 6.73. The third-order valence-corrected chi connectivity index (χ3v) is 22.6. The smallest absolute Gasteiger partial charge is 0.139 e. The monoisotopic (exact) mass is 1320 g/mol. The minimum Gasteiger partial charge on any atom is -0.457 e. The van der Waals surface area contributed by atoms with Gasteiger partial charge in [0.2, 0.25) is 0 Å². The Labute approximate surface area is 593 Å². The minimum absolute atomic E-state index is 0.435. The van der Waals surface area contributed by atoms with Crippen molar-refractivity contribution in [3.05, 3.63) is 396 Å². The summed E-state index contributed by atoms with van der Waals surface area (Å²) in [5.74, 6) is 1.68. The van der Waals surface area contributed by atoms with Crippen LogP contribution in [0.1, 0.15) is 44.5 Å². The lowest BCUT2D eigenvalue weighted by atomic mass is 9.66. The summed E-state index contributed by atoms with van der Waals surface area (Å²) >= 11 is 1.85. The first-order chi connectivity index (χ1) is 50.5. The summed E-state index contributed by atoms with van der Waals surface area (Å²) in [6.45, 7) is 0. The van der Waals surface area contributed by atoms with Crippen molar-refractivity contribution in [1.82, 2.24) is 9.97 Å². The van der Waals surface area contributed by atoms with Crippen LogP contribution in [0.5, 0.6) is 11.5 Å². The van der Waals surface area contributed by atoms with Gasteiger partial charge >= 0.3 is 0 Å². The number of hydrogen-bond donors (Lipinski definition) is 0. The molecule has 0 radical (unpaired) electrons. The van der Waals surface area contributed by atoms with E-state index in [0.29, 0.717) is 0 Å². The lowest BCUT2D eigenvalue weighted by Crippen LogP contribution is -2.32. The minimum atomic E-state index is -0.539. The van der Waals surface area contributed by atoms with Crippen LogP contribution in [0.3, 0.4) is 0 Å². The van der Waals surface area contributed by atoms with E-state index in [0.717, 1.165) is 128 Å². The zero-order valence-corrected chi connectivity index (χ0v) is 55.8. The van der Waals surface area contributed by atoms with E-state index in [2.05, 4.69) is 340 Å². The summed E-state index contributed by atoms with van der Waals surface area (Å²) < 4.78 is 19.9. The summed E-state index contributed by atoms with van der Waals surface area (Å²) in [6.07, 6.45) is 0. The Balaban J connectivity index is 0.000000133. The largest absolute Gasteiger partial charge is 0.457 e. The Morgan fingerprint density at radius 3 is 1.06 bits per heavy atom. The second-order valence-corrected chi connectivity index (χ2v) is 28.0. The first kappa shape index (κ1) is 58.1. The van der Waals surface area contributed by atoms with Gasteiger partial charge in [0.15, 0.2) is 0 Å². The summed E-state index contributed by atoms with van der Waals surface area (Å²) in [7, 11) is 0. The quantitative estimate of drug-likeness (QED) is 0.165. The van der Waals surface area contributed by atoms with E-state index in [1.54, 1.807) is 0 Å². The van der Waals surface area contributed by atoms with Gasteiger partial charge in [-0.25, -0.2) is 9.97 Å². The van der Waals surface area contributed by atoms with Crippen LogP contribution < -0.4 is 4.74 Å². The Morgan fingerprint density at radius 2 is 0.578 bits per heavy atom. The van der Waals surface area contributed by atoms with Gasteiger partial charge in [0.05, 0.1) is 33.6 Å². The van der Waals surface area contributed by atoms with Crippen LogP contribution in [0, 0.1) is 0 Å². The van der Waals surface area contributed by atoms with Crippen LogP contribution in [-0.2, 0) is 10.8 Å². The molecular weight excluding hydrogens is 1260 g/mol.